The minimum Gasteiger partial charge on any atom is -0.396 e. The number of hydrogen-bond acceptors (Lipinski definition) is 4. The van der Waals surface area contributed by atoms with E-state index in [0.717, 1.165) is 19.3 Å². The average Bonchev–Trinajstić information content (AvgIpc) is 2.05. The Labute approximate surface area is 66.0 Å². The maximum absolute atomic E-state index is 8.81. The summed E-state index contributed by atoms with van der Waals surface area (Å²) in [5.41, 5.74) is 0. The van der Waals surface area contributed by atoms with Crippen molar-refractivity contribution in [3.63, 3.8) is 0 Å². The van der Waals surface area contributed by atoms with Crippen molar-refractivity contribution >= 4 is 0 Å². The monoisotopic (exact) mass is 161 g/mol. The summed E-state index contributed by atoms with van der Waals surface area (Å²) in [4.78, 5) is 0. The first-order valence-electron chi connectivity index (χ1n) is 4.02. The highest BCUT2D eigenvalue weighted by Crippen LogP contribution is 2.25. The van der Waals surface area contributed by atoms with Gasteiger partial charge in [0, 0.05) is 6.61 Å². The van der Waals surface area contributed by atoms with Crippen LogP contribution in [0.1, 0.15) is 25.7 Å². The van der Waals surface area contributed by atoms with Crippen molar-refractivity contribution < 1.29 is 15.5 Å². The topological polar surface area (TPSA) is 63.9 Å². The van der Waals surface area contributed by atoms with Gasteiger partial charge in [0.1, 0.15) is 0 Å². The number of rotatable bonds is 2. The molecule has 0 spiro atoms. The minimum atomic E-state index is -0.180. The standard InChI is InChI=1S/C7H15NO3/c9-5-6-2-1-3-7(4-6)8(10)11/h6-7,9-11H,1-5H2. The zero-order valence-corrected chi connectivity index (χ0v) is 6.48. The van der Waals surface area contributed by atoms with E-state index in [4.69, 9.17) is 15.5 Å². The molecule has 0 aromatic heterocycles. The molecule has 1 aliphatic rings. The highest BCUT2D eigenvalue weighted by molar-refractivity contribution is 4.74. The van der Waals surface area contributed by atoms with Crippen LogP contribution in [0, 0.1) is 5.92 Å². The van der Waals surface area contributed by atoms with E-state index in [1.807, 2.05) is 0 Å². The molecule has 0 amide bonds. The van der Waals surface area contributed by atoms with Gasteiger partial charge in [-0.25, -0.2) is 0 Å². The van der Waals surface area contributed by atoms with E-state index in [2.05, 4.69) is 0 Å². The van der Waals surface area contributed by atoms with Crippen molar-refractivity contribution in [2.45, 2.75) is 31.7 Å². The summed E-state index contributed by atoms with van der Waals surface area (Å²) in [6.45, 7) is 0.157. The van der Waals surface area contributed by atoms with Crippen LogP contribution in [-0.2, 0) is 0 Å². The van der Waals surface area contributed by atoms with Crippen LogP contribution in [0.4, 0.5) is 0 Å². The van der Waals surface area contributed by atoms with Gasteiger partial charge in [0.25, 0.3) is 0 Å². The maximum Gasteiger partial charge on any atom is 0.0627 e. The molecule has 0 saturated heterocycles. The van der Waals surface area contributed by atoms with Gasteiger partial charge >= 0.3 is 0 Å². The van der Waals surface area contributed by atoms with Crippen LogP contribution in [0.25, 0.3) is 0 Å². The molecule has 0 aromatic carbocycles. The molecule has 4 heteroatoms. The zero-order chi connectivity index (χ0) is 8.27. The summed E-state index contributed by atoms with van der Waals surface area (Å²) in [5, 5.41) is 26.5. The van der Waals surface area contributed by atoms with Crippen molar-refractivity contribution in [3.05, 3.63) is 0 Å². The number of nitrogens with zero attached hydrogens (tertiary/aromatic N) is 1. The Bertz CT molecular complexity index is 118. The van der Waals surface area contributed by atoms with Gasteiger partial charge in [-0.15, -0.1) is 0 Å². The first-order valence-corrected chi connectivity index (χ1v) is 4.02. The second-order valence-corrected chi connectivity index (χ2v) is 3.19. The van der Waals surface area contributed by atoms with Gasteiger partial charge in [-0.3, -0.25) is 10.4 Å². The predicted molar refractivity (Wildman–Crippen MR) is 38.2 cm³/mol. The largest absolute Gasteiger partial charge is 0.396 e. The van der Waals surface area contributed by atoms with E-state index in [1.165, 1.54) is 0 Å². The van der Waals surface area contributed by atoms with Crippen molar-refractivity contribution in [3.8, 4) is 0 Å². The molecular weight excluding hydrogens is 146 g/mol. The second-order valence-electron chi connectivity index (χ2n) is 3.19. The van der Waals surface area contributed by atoms with Crippen LogP contribution in [0.2, 0.25) is 0 Å². The van der Waals surface area contributed by atoms with Gasteiger partial charge in [0.15, 0.2) is 0 Å². The molecular formula is C7H15NO3. The predicted octanol–water partition coefficient (Wildman–Crippen LogP) is 0.618. The number of hydroxylamine groups is 2. The first-order chi connectivity index (χ1) is 5.24. The van der Waals surface area contributed by atoms with Crippen LogP contribution < -0.4 is 0 Å². The molecule has 0 heterocycles. The molecule has 1 aliphatic carbocycles. The van der Waals surface area contributed by atoms with Crippen LogP contribution in [0.15, 0.2) is 0 Å². The third-order valence-corrected chi connectivity index (χ3v) is 2.34. The number of aliphatic hydroxyl groups excluding tert-OH is 1. The summed E-state index contributed by atoms with van der Waals surface area (Å²) in [7, 11) is 0. The lowest BCUT2D eigenvalue weighted by Crippen LogP contribution is -2.34. The molecule has 0 aromatic rings. The molecule has 3 N–H and O–H groups in total. The van der Waals surface area contributed by atoms with Crippen LogP contribution in [0.5, 0.6) is 0 Å². The summed E-state index contributed by atoms with van der Waals surface area (Å²) in [5.74, 6) is 0.246. The fourth-order valence-corrected chi connectivity index (χ4v) is 1.64. The summed E-state index contributed by atoms with van der Waals surface area (Å²) in [6, 6.07) is -0.180. The molecule has 0 aliphatic heterocycles. The first kappa shape index (κ1) is 8.93. The van der Waals surface area contributed by atoms with E-state index in [1.54, 1.807) is 0 Å². The van der Waals surface area contributed by atoms with E-state index in [9.17, 15) is 0 Å². The summed E-state index contributed by atoms with van der Waals surface area (Å²) >= 11 is 0. The minimum absolute atomic E-state index is 0.157. The molecule has 1 saturated carbocycles. The molecule has 0 bridgehead atoms. The van der Waals surface area contributed by atoms with E-state index < -0.39 is 0 Å². The Morgan fingerprint density at radius 1 is 1.27 bits per heavy atom. The van der Waals surface area contributed by atoms with Gasteiger partial charge in [-0.2, -0.15) is 0 Å². The van der Waals surface area contributed by atoms with E-state index >= 15 is 0 Å². The Kier molecular flexibility index (Phi) is 3.26. The number of hydrogen-bond donors (Lipinski definition) is 3. The molecule has 2 atom stereocenters. The van der Waals surface area contributed by atoms with E-state index in [-0.39, 0.29) is 23.8 Å². The summed E-state index contributed by atoms with van der Waals surface area (Å²) in [6.07, 6.45) is 3.46. The van der Waals surface area contributed by atoms with Gasteiger partial charge in [-0.05, 0) is 25.2 Å². The summed E-state index contributed by atoms with van der Waals surface area (Å²) < 4.78 is 0. The molecule has 1 fully saturated rings. The molecule has 0 radical (unpaired) electrons. The Hall–Kier alpha value is -0.160. The van der Waals surface area contributed by atoms with Gasteiger partial charge in [-0.1, -0.05) is 11.6 Å². The highest BCUT2D eigenvalue weighted by Gasteiger charge is 2.24. The molecule has 1 rings (SSSR count). The highest BCUT2D eigenvalue weighted by atomic mass is 16.8. The quantitative estimate of drug-likeness (QED) is 0.519. The van der Waals surface area contributed by atoms with Crippen LogP contribution in [0.3, 0.4) is 0 Å². The smallest absolute Gasteiger partial charge is 0.0627 e. The molecule has 2 unspecified atom stereocenters. The lowest BCUT2D eigenvalue weighted by atomic mass is 9.86. The SMILES string of the molecule is OCC1CCCC(N(O)O)C1. The van der Waals surface area contributed by atoms with E-state index in [0.29, 0.717) is 6.42 Å². The van der Waals surface area contributed by atoms with Crippen molar-refractivity contribution in [2.24, 2.45) is 5.92 Å². The maximum atomic E-state index is 8.81. The van der Waals surface area contributed by atoms with Gasteiger partial charge in [0.2, 0.25) is 0 Å². The molecule has 4 nitrogen and oxygen atoms in total. The fourth-order valence-electron chi connectivity index (χ4n) is 1.64. The van der Waals surface area contributed by atoms with Crippen LogP contribution in [-0.4, -0.2) is 33.4 Å². The zero-order valence-electron chi connectivity index (χ0n) is 6.48. The second kappa shape index (κ2) is 4.01. The lowest BCUT2D eigenvalue weighted by Gasteiger charge is -2.29. The van der Waals surface area contributed by atoms with Crippen LogP contribution >= 0.6 is 0 Å². The Morgan fingerprint density at radius 2 is 2.00 bits per heavy atom. The van der Waals surface area contributed by atoms with Crippen molar-refractivity contribution in [1.29, 1.82) is 0 Å². The molecule has 66 valence electrons. The van der Waals surface area contributed by atoms with Gasteiger partial charge < -0.3 is 5.11 Å². The Balaban J connectivity index is 2.33. The normalized spacial score (nSPS) is 32.7. The molecule has 11 heavy (non-hydrogen) atoms. The van der Waals surface area contributed by atoms with Crippen molar-refractivity contribution in [1.82, 2.24) is 5.23 Å². The number of aliphatic hydroxyl groups is 1. The average molecular weight is 161 g/mol. The van der Waals surface area contributed by atoms with Gasteiger partial charge in [0.05, 0.1) is 6.04 Å². The lowest BCUT2D eigenvalue weighted by molar-refractivity contribution is -0.337. The fraction of sp³-hybridized carbons (Fsp3) is 1.00. The van der Waals surface area contributed by atoms with Crippen molar-refractivity contribution in [2.75, 3.05) is 6.61 Å². The third-order valence-electron chi connectivity index (χ3n) is 2.34. The third kappa shape index (κ3) is 2.41. The Morgan fingerprint density at radius 3 is 2.55 bits per heavy atom.